The van der Waals surface area contributed by atoms with Crippen LogP contribution in [0.5, 0.6) is 0 Å². The molecule has 1 atom stereocenters. The molecule has 1 amide bonds. The molecule has 0 N–H and O–H groups in total. The molecule has 180 valence electrons. The van der Waals surface area contributed by atoms with Crippen molar-refractivity contribution >= 4 is 5.91 Å². The minimum Gasteiger partial charge on any atom is -0.337 e. The summed E-state index contributed by atoms with van der Waals surface area (Å²) in [6.45, 7) is 2.20. The predicted octanol–water partition coefficient (Wildman–Crippen LogP) is 6.23. The van der Waals surface area contributed by atoms with E-state index in [-0.39, 0.29) is 17.7 Å². The third kappa shape index (κ3) is 6.58. The summed E-state index contributed by atoms with van der Waals surface area (Å²) >= 11 is 0. The zero-order valence-electron chi connectivity index (χ0n) is 16.1. The van der Waals surface area contributed by atoms with Crippen LogP contribution in [-0.4, -0.2) is 54.1 Å². The lowest BCUT2D eigenvalue weighted by atomic mass is 10.1. The van der Waals surface area contributed by atoms with Crippen molar-refractivity contribution in [1.29, 1.82) is 0 Å². The zero-order chi connectivity index (χ0) is 24.0. The fourth-order valence-electron chi connectivity index (χ4n) is 2.25. The molecule has 0 aromatic carbocycles. The van der Waals surface area contributed by atoms with E-state index in [0.29, 0.717) is 25.7 Å². The van der Waals surface area contributed by atoms with Gasteiger partial charge < -0.3 is 4.90 Å². The van der Waals surface area contributed by atoms with Gasteiger partial charge in [-0.25, -0.2) is 0 Å². The molecule has 30 heavy (non-hydrogen) atoms. The van der Waals surface area contributed by atoms with Gasteiger partial charge in [-0.15, -0.1) is 0 Å². The average molecular weight is 469 g/mol. The highest BCUT2D eigenvalue weighted by Crippen LogP contribution is 2.51. The van der Waals surface area contributed by atoms with Crippen molar-refractivity contribution in [2.45, 2.75) is 82.6 Å². The number of hydrogen-bond donors (Lipinski definition) is 0. The molecule has 0 aliphatic carbocycles. The summed E-state index contributed by atoms with van der Waals surface area (Å²) in [6, 6.07) is 0. The van der Waals surface area contributed by atoms with Gasteiger partial charge >= 0.3 is 30.2 Å². The lowest BCUT2D eigenvalue weighted by Gasteiger charge is -2.36. The molecule has 14 heteroatoms. The maximum atomic E-state index is 14.5. The van der Waals surface area contributed by atoms with E-state index in [9.17, 15) is 53.1 Å². The van der Waals surface area contributed by atoms with Crippen LogP contribution in [-0.2, 0) is 9.53 Å². The maximum Gasteiger partial charge on any atom is 0.462 e. The number of unbranched alkanes of at least 4 members (excludes halogenated alkanes) is 4. The topological polar surface area (TPSA) is 29.5 Å². The number of nitrogens with zero attached hydrogens (tertiary/aromatic N) is 1. The highest BCUT2D eigenvalue weighted by Gasteiger charge is 2.79. The van der Waals surface area contributed by atoms with Crippen LogP contribution in [0.1, 0.15) is 52.4 Å². The normalized spacial score (nSPS) is 15.8. The molecule has 0 saturated carbocycles. The Morgan fingerprint density at radius 3 is 1.40 bits per heavy atom. The highest BCUT2D eigenvalue weighted by molar-refractivity contribution is 5.84. The van der Waals surface area contributed by atoms with E-state index < -0.39 is 49.2 Å². The molecular formula is C16H22F11NO2. The number of rotatable bonds is 12. The van der Waals surface area contributed by atoms with Crippen molar-refractivity contribution < 1.29 is 57.8 Å². The van der Waals surface area contributed by atoms with Crippen LogP contribution >= 0.6 is 0 Å². The van der Waals surface area contributed by atoms with Crippen LogP contribution in [0.15, 0.2) is 0 Å². The van der Waals surface area contributed by atoms with Crippen LogP contribution in [0, 0.1) is 0 Å². The Morgan fingerprint density at radius 1 is 0.700 bits per heavy atom. The second-order valence-corrected chi connectivity index (χ2v) is 6.49. The van der Waals surface area contributed by atoms with E-state index in [1.54, 1.807) is 13.8 Å². The molecule has 0 saturated heterocycles. The lowest BCUT2D eigenvalue weighted by molar-refractivity contribution is -0.473. The molecule has 0 rings (SSSR count). The molecule has 0 aliphatic heterocycles. The Balaban J connectivity index is 6.03. The number of ether oxygens (including phenoxy) is 1. The van der Waals surface area contributed by atoms with Gasteiger partial charge in [-0.05, 0) is 12.8 Å². The number of halogens is 11. The minimum absolute atomic E-state index is 0.0113. The van der Waals surface area contributed by atoms with Gasteiger partial charge in [0.25, 0.3) is 5.91 Å². The second kappa shape index (κ2) is 10.3. The first-order chi connectivity index (χ1) is 13.4. The molecule has 0 aromatic rings. The van der Waals surface area contributed by atoms with Crippen LogP contribution in [0.3, 0.4) is 0 Å². The Labute approximate surface area is 165 Å². The van der Waals surface area contributed by atoms with Crippen LogP contribution < -0.4 is 0 Å². The van der Waals surface area contributed by atoms with E-state index in [1.807, 2.05) is 0 Å². The first-order valence-electron chi connectivity index (χ1n) is 8.96. The molecule has 0 radical (unpaired) electrons. The van der Waals surface area contributed by atoms with Crippen LogP contribution in [0.25, 0.3) is 0 Å². The number of hydrogen-bond acceptors (Lipinski definition) is 2. The van der Waals surface area contributed by atoms with Crippen molar-refractivity contribution in [3.8, 4) is 0 Å². The van der Waals surface area contributed by atoms with E-state index in [2.05, 4.69) is 4.74 Å². The summed E-state index contributed by atoms with van der Waals surface area (Å²) in [7, 11) is 0. The molecular weight excluding hydrogens is 447 g/mol. The molecule has 0 fully saturated rings. The Bertz CT molecular complexity index is 538. The number of carbonyl (C=O) groups excluding carboxylic acids is 1. The number of alkyl halides is 11. The van der Waals surface area contributed by atoms with Gasteiger partial charge in [0.1, 0.15) is 0 Å². The largest absolute Gasteiger partial charge is 0.462 e. The molecule has 0 bridgehead atoms. The molecule has 3 nitrogen and oxygen atoms in total. The molecule has 0 spiro atoms. The second-order valence-electron chi connectivity index (χ2n) is 6.49. The monoisotopic (exact) mass is 469 g/mol. The predicted molar refractivity (Wildman–Crippen MR) is 82.6 cm³/mol. The molecule has 0 aromatic heterocycles. The fourth-order valence-corrected chi connectivity index (χ4v) is 2.25. The van der Waals surface area contributed by atoms with E-state index >= 15 is 0 Å². The minimum atomic E-state index is -7.20. The summed E-state index contributed by atoms with van der Waals surface area (Å²) in [5.41, 5.74) is 0. The maximum absolute atomic E-state index is 14.5. The average Bonchev–Trinajstić information content (AvgIpc) is 2.57. The smallest absolute Gasteiger partial charge is 0.337 e. The van der Waals surface area contributed by atoms with Crippen LogP contribution in [0.2, 0.25) is 0 Å². The van der Waals surface area contributed by atoms with Gasteiger partial charge in [0.05, 0.1) is 0 Å². The summed E-state index contributed by atoms with van der Waals surface area (Å²) in [5, 5.41) is 0. The lowest BCUT2D eigenvalue weighted by Crippen LogP contribution is -2.64. The SMILES string of the molecule is CCCCCN(CCCCC)C(=O)C(F)(OC(F)(F)C(F)(F)C(F)(F)F)C(F)(F)F. The quantitative estimate of drug-likeness (QED) is 0.251. The fraction of sp³-hybridized carbons (Fsp3) is 0.938. The number of carbonyl (C=O) groups is 1. The summed E-state index contributed by atoms with van der Waals surface area (Å²) in [5.74, 6) is -16.1. The first-order valence-corrected chi connectivity index (χ1v) is 8.96. The van der Waals surface area contributed by atoms with Crippen molar-refractivity contribution in [3.63, 3.8) is 0 Å². The van der Waals surface area contributed by atoms with Gasteiger partial charge in [-0.3, -0.25) is 9.53 Å². The van der Waals surface area contributed by atoms with Crippen molar-refractivity contribution in [1.82, 2.24) is 4.90 Å². The number of amides is 1. The third-order valence-electron chi connectivity index (χ3n) is 3.98. The molecule has 0 heterocycles. The van der Waals surface area contributed by atoms with Crippen LogP contribution in [0.4, 0.5) is 48.3 Å². The standard InChI is InChI=1S/C16H22F11NO2/c1-3-5-7-9-28(10-8-6-4-2)11(29)12(17,14(20,21)22)30-16(26,27)13(18,19)15(23,24)25/h3-10H2,1-2H3. The van der Waals surface area contributed by atoms with Gasteiger partial charge in [-0.1, -0.05) is 39.5 Å². The highest BCUT2D eigenvalue weighted by atomic mass is 19.4. The van der Waals surface area contributed by atoms with E-state index in [0.717, 1.165) is 0 Å². The summed E-state index contributed by atoms with van der Waals surface area (Å²) in [6.07, 6.45) is -19.1. The molecule has 0 aliphatic rings. The van der Waals surface area contributed by atoms with E-state index in [4.69, 9.17) is 0 Å². The third-order valence-corrected chi connectivity index (χ3v) is 3.98. The van der Waals surface area contributed by atoms with E-state index in [1.165, 1.54) is 0 Å². The summed E-state index contributed by atoms with van der Waals surface area (Å²) in [4.78, 5) is 12.2. The Kier molecular flexibility index (Phi) is 9.85. The van der Waals surface area contributed by atoms with Crippen molar-refractivity contribution in [2.75, 3.05) is 13.1 Å². The van der Waals surface area contributed by atoms with Crippen molar-refractivity contribution in [2.24, 2.45) is 0 Å². The van der Waals surface area contributed by atoms with Gasteiger partial charge in [0, 0.05) is 13.1 Å². The van der Waals surface area contributed by atoms with Gasteiger partial charge in [-0.2, -0.15) is 48.3 Å². The Hall–Kier alpha value is -1.34. The first kappa shape index (κ1) is 28.7. The zero-order valence-corrected chi connectivity index (χ0v) is 16.1. The van der Waals surface area contributed by atoms with Gasteiger partial charge in [0.2, 0.25) is 0 Å². The van der Waals surface area contributed by atoms with Crippen molar-refractivity contribution in [3.05, 3.63) is 0 Å². The summed E-state index contributed by atoms with van der Waals surface area (Å²) < 4.78 is 145. The van der Waals surface area contributed by atoms with Gasteiger partial charge in [0.15, 0.2) is 0 Å². The Morgan fingerprint density at radius 2 is 1.10 bits per heavy atom. The molecule has 1 unspecified atom stereocenters.